The first-order chi connectivity index (χ1) is 18.7. The highest BCUT2D eigenvalue weighted by Crippen LogP contribution is 2.32. The zero-order valence-corrected chi connectivity index (χ0v) is 21.0. The van der Waals surface area contributed by atoms with Crippen LogP contribution in [0.3, 0.4) is 0 Å². The van der Waals surface area contributed by atoms with Crippen molar-refractivity contribution in [2.75, 3.05) is 0 Å². The predicted molar refractivity (Wildman–Crippen MR) is 150 cm³/mol. The number of benzene rings is 4. The Morgan fingerprint density at radius 1 is 0.895 bits per heavy atom. The van der Waals surface area contributed by atoms with Crippen molar-refractivity contribution in [2.24, 2.45) is 5.10 Å². The number of rotatable bonds is 6. The summed E-state index contributed by atoms with van der Waals surface area (Å²) in [7, 11) is 0. The van der Waals surface area contributed by atoms with Crippen LogP contribution >= 0.6 is 0 Å². The van der Waals surface area contributed by atoms with Gasteiger partial charge < -0.3 is 4.74 Å². The number of aromatic nitrogens is 2. The molecule has 38 heavy (non-hydrogen) atoms. The maximum atomic E-state index is 13.6. The molecule has 0 spiro atoms. The number of fused-ring (bicyclic) bond motifs is 2. The Balaban J connectivity index is 1.45. The Morgan fingerprint density at radius 2 is 1.63 bits per heavy atom. The number of ether oxygens (including phenoxy) is 1. The second kappa shape index (κ2) is 10.6. The van der Waals surface area contributed by atoms with Crippen molar-refractivity contribution in [3.8, 4) is 5.75 Å². The van der Waals surface area contributed by atoms with Gasteiger partial charge in [0.05, 0.1) is 17.1 Å². The molecule has 6 rings (SSSR count). The van der Waals surface area contributed by atoms with Crippen LogP contribution in [0.5, 0.6) is 5.75 Å². The van der Waals surface area contributed by atoms with Gasteiger partial charge in [-0.3, -0.25) is 4.79 Å². The molecule has 5 aromatic rings. The van der Waals surface area contributed by atoms with Gasteiger partial charge >= 0.3 is 0 Å². The third-order valence-electron chi connectivity index (χ3n) is 7.29. The molecule has 0 bridgehead atoms. The first-order valence-electron chi connectivity index (χ1n) is 13.1. The van der Waals surface area contributed by atoms with Crippen LogP contribution in [-0.4, -0.2) is 15.9 Å². The smallest absolute Gasteiger partial charge is 0.282 e. The van der Waals surface area contributed by atoms with E-state index in [1.807, 2.05) is 54.6 Å². The average molecular weight is 506 g/mol. The van der Waals surface area contributed by atoms with Crippen LogP contribution in [0.4, 0.5) is 4.39 Å². The molecule has 1 fully saturated rings. The minimum absolute atomic E-state index is 0.165. The van der Waals surface area contributed by atoms with E-state index in [0.29, 0.717) is 16.7 Å². The zero-order chi connectivity index (χ0) is 25.9. The van der Waals surface area contributed by atoms with Crippen molar-refractivity contribution >= 4 is 27.9 Å². The third kappa shape index (κ3) is 4.82. The predicted octanol–water partition coefficient (Wildman–Crippen LogP) is 7.20. The summed E-state index contributed by atoms with van der Waals surface area (Å²) < 4.78 is 21.0. The molecule has 1 heterocycles. The molecule has 0 N–H and O–H groups in total. The summed E-state index contributed by atoms with van der Waals surface area (Å²) in [5, 5.41) is 7.32. The Morgan fingerprint density at radius 3 is 2.45 bits per heavy atom. The SMILES string of the molecule is O=c1c2ccccc2nc(C2CCCCC2)n1N=Cc1c(OCc2ccc(F)cc2)ccc2ccccc12. The van der Waals surface area contributed by atoms with E-state index in [9.17, 15) is 9.18 Å². The summed E-state index contributed by atoms with van der Waals surface area (Å²) in [5.74, 6) is 1.27. The van der Waals surface area contributed by atoms with Gasteiger partial charge in [0.2, 0.25) is 0 Å². The molecule has 5 nitrogen and oxygen atoms in total. The standard InChI is InChI=1S/C32H28FN3O2/c33-25-17-14-22(15-18-25)21-38-30-19-16-23-8-4-5-11-26(23)28(30)20-34-36-31(24-9-2-1-3-10-24)35-29-13-7-6-12-27(29)32(36)37/h4-8,11-20,24H,1-3,9-10,21H2. The highest BCUT2D eigenvalue weighted by atomic mass is 19.1. The van der Waals surface area contributed by atoms with Gasteiger partial charge in [0, 0.05) is 11.5 Å². The summed E-state index contributed by atoms with van der Waals surface area (Å²) >= 11 is 0. The fraction of sp³-hybridized carbons (Fsp3) is 0.219. The lowest BCUT2D eigenvalue weighted by Crippen LogP contribution is -2.25. The van der Waals surface area contributed by atoms with Crippen molar-refractivity contribution < 1.29 is 9.13 Å². The molecule has 0 aliphatic heterocycles. The normalized spacial score (nSPS) is 14.4. The van der Waals surface area contributed by atoms with E-state index >= 15 is 0 Å². The van der Waals surface area contributed by atoms with Crippen LogP contribution in [0.25, 0.3) is 21.7 Å². The molecule has 0 radical (unpaired) electrons. The molecule has 4 aromatic carbocycles. The number of nitrogens with zero attached hydrogens (tertiary/aromatic N) is 3. The van der Waals surface area contributed by atoms with Crippen LogP contribution in [0, 0.1) is 5.82 Å². The maximum absolute atomic E-state index is 13.6. The minimum atomic E-state index is -0.282. The highest BCUT2D eigenvalue weighted by molar-refractivity contribution is 6.02. The fourth-order valence-corrected chi connectivity index (χ4v) is 5.27. The van der Waals surface area contributed by atoms with Crippen LogP contribution < -0.4 is 10.3 Å². The Labute approximate surface area is 220 Å². The minimum Gasteiger partial charge on any atom is -0.488 e. The van der Waals surface area contributed by atoms with Gasteiger partial charge in [-0.1, -0.05) is 73.9 Å². The van der Waals surface area contributed by atoms with Crippen molar-refractivity contribution in [3.63, 3.8) is 0 Å². The van der Waals surface area contributed by atoms with Gasteiger partial charge in [0.15, 0.2) is 0 Å². The third-order valence-corrected chi connectivity index (χ3v) is 7.29. The maximum Gasteiger partial charge on any atom is 0.282 e. The highest BCUT2D eigenvalue weighted by Gasteiger charge is 2.22. The van der Waals surface area contributed by atoms with Crippen molar-refractivity contribution in [3.05, 3.63) is 118 Å². The van der Waals surface area contributed by atoms with E-state index < -0.39 is 0 Å². The van der Waals surface area contributed by atoms with Gasteiger partial charge in [-0.05, 0) is 59.5 Å². The second-order valence-electron chi connectivity index (χ2n) is 9.80. The first kappa shape index (κ1) is 24.0. The monoisotopic (exact) mass is 505 g/mol. The van der Waals surface area contributed by atoms with E-state index in [1.54, 1.807) is 24.4 Å². The second-order valence-corrected chi connectivity index (χ2v) is 9.80. The van der Waals surface area contributed by atoms with E-state index in [4.69, 9.17) is 14.8 Å². The largest absolute Gasteiger partial charge is 0.488 e. The topological polar surface area (TPSA) is 56.5 Å². The summed E-state index contributed by atoms with van der Waals surface area (Å²) in [6, 6.07) is 25.7. The molecule has 0 atom stereocenters. The molecular formula is C32H28FN3O2. The van der Waals surface area contributed by atoms with Crippen molar-refractivity contribution in [1.82, 2.24) is 9.66 Å². The molecule has 1 aliphatic carbocycles. The number of halogens is 1. The molecule has 1 saturated carbocycles. The summed E-state index contributed by atoms with van der Waals surface area (Å²) in [5.41, 5.74) is 2.18. The quantitative estimate of drug-likeness (QED) is 0.229. The van der Waals surface area contributed by atoms with Gasteiger partial charge in [-0.2, -0.15) is 9.78 Å². The molecule has 1 aromatic heterocycles. The van der Waals surface area contributed by atoms with Crippen LogP contribution in [-0.2, 0) is 6.61 Å². The zero-order valence-electron chi connectivity index (χ0n) is 21.0. The van der Waals surface area contributed by atoms with Gasteiger partial charge in [0.1, 0.15) is 24.0 Å². The van der Waals surface area contributed by atoms with Gasteiger partial charge in [0.25, 0.3) is 5.56 Å². The number of hydrogen-bond acceptors (Lipinski definition) is 4. The lowest BCUT2D eigenvalue weighted by Gasteiger charge is -2.22. The summed E-state index contributed by atoms with van der Waals surface area (Å²) in [6.45, 7) is 0.282. The molecule has 6 heteroatoms. The Bertz CT molecular complexity index is 1690. The fourth-order valence-electron chi connectivity index (χ4n) is 5.27. The molecule has 0 unspecified atom stereocenters. The first-order valence-corrected chi connectivity index (χ1v) is 13.1. The lowest BCUT2D eigenvalue weighted by molar-refractivity contribution is 0.306. The summed E-state index contributed by atoms with van der Waals surface area (Å²) in [4.78, 5) is 18.6. The van der Waals surface area contributed by atoms with E-state index in [1.165, 1.54) is 23.2 Å². The lowest BCUT2D eigenvalue weighted by atomic mass is 9.88. The summed E-state index contributed by atoms with van der Waals surface area (Å²) in [6.07, 6.45) is 7.18. The molecular weight excluding hydrogens is 477 g/mol. The van der Waals surface area contributed by atoms with E-state index in [2.05, 4.69) is 0 Å². The van der Waals surface area contributed by atoms with E-state index in [-0.39, 0.29) is 23.9 Å². The molecule has 190 valence electrons. The average Bonchev–Trinajstić information content (AvgIpc) is 2.97. The van der Waals surface area contributed by atoms with Crippen LogP contribution in [0.15, 0.2) is 94.8 Å². The number of para-hydroxylation sites is 1. The van der Waals surface area contributed by atoms with E-state index in [0.717, 1.165) is 53.4 Å². The molecule has 0 saturated heterocycles. The number of hydrogen-bond donors (Lipinski definition) is 0. The van der Waals surface area contributed by atoms with Crippen LogP contribution in [0.2, 0.25) is 0 Å². The van der Waals surface area contributed by atoms with Crippen molar-refractivity contribution in [1.29, 1.82) is 0 Å². The molecule has 0 amide bonds. The van der Waals surface area contributed by atoms with Crippen molar-refractivity contribution in [2.45, 2.75) is 44.6 Å². The van der Waals surface area contributed by atoms with Gasteiger partial charge in [-0.25, -0.2) is 9.37 Å². The van der Waals surface area contributed by atoms with Crippen LogP contribution in [0.1, 0.15) is 55.0 Å². The Hall–Kier alpha value is -4.32. The molecule has 1 aliphatic rings. The van der Waals surface area contributed by atoms with Gasteiger partial charge in [-0.15, -0.1) is 0 Å². The Kier molecular flexibility index (Phi) is 6.69.